The third kappa shape index (κ3) is 6.45. The summed E-state index contributed by atoms with van der Waals surface area (Å²) >= 11 is 1.50. The van der Waals surface area contributed by atoms with Crippen molar-refractivity contribution in [3.63, 3.8) is 0 Å². The number of hydrogen-bond acceptors (Lipinski definition) is 5. The Morgan fingerprint density at radius 2 is 1.64 bits per heavy atom. The molecular formula is C34H36ClFN2O3S. The summed E-state index contributed by atoms with van der Waals surface area (Å²) in [5, 5.41) is 11.7. The standard InChI is InChI=1S/C34H35FN2O3S.ClH/c1-22(2)31(38)27-21-37(19-24-14-8-10-16-28(24)35)34-30(32(27)39)26(20-36(3)18-23-12-6-5-7-13-23)33(41-34)25-15-9-11-17-29(25)40-4;/h5-17,21-22,31,38H,18-20H2,1-4H3;1H. The normalized spacial score (nSPS) is 12.1. The Balaban J connectivity index is 0.00000405. The number of thiophene rings is 1. The Hall–Kier alpha value is -3.49. The lowest BCUT2D eigenvalue weighted by molar-refractivity contribution is 0.125. The molecule has 5 rings (SSSR count). The third-order valence-corrected chi connectivity index (χ3v) is 8.66. The van der Waals surface area contributed by atoms with Crippen LogP contribution in [-0.4, -0.2) is 28.7 Å². The second kappa shape index (κ2) is 13.7. The van der Waals surface area contributed by atoms with Crippen LogP contribution in [0.15, 0.2) is 89.9 Å². The molecule has 0 saturated heterocycles. The van der Waals surface area contributed by atoms with E-state index < -0.39 is 6.10 Å². The minimum absolute atomic E-state index is 0. The molecule has 5 nitrogen and oxygen atoms in total. The fraction of sp³-hybridized carbons (Fsp3) is 0.265. The average molecular weight is 607 g/mol. The number of rotatable bonds is 10. The molecule has 0 bridgehead atoms. The van der Waals surface area contributed by atoms with E-state index in [-0.39, 0.29) is 36.1 Å². The van der Waals surface area contributed by atoms with Gasteiger partial charge in [0.25, 0.3) is 0 Å². The summed E-state index contributed by atoms with van der Waals surface area (Å²) in [7, 11) is 3.68. The van der Waals surface area contributed by atoms with E-state index in [9.17, 15) is 14.3 Å². The van der Waals surface area contributed by atoms with Gasteiger partial charge in [-0.3, -0.25) is 9.69 Å². The molecule has 8 heteroatoms. The fourth-order valence-corrected chi connectivity index (χ4v) is 6.55. The summed E-state index contributed by atoms with van der Waals surface area (Å²) in [4.78, 5) is 18.1. The molecule has 220 valence electrons. The molecule has 2 heterocycles. The van der Waals surface area contributed by atoms with Crippen LogP contribution in [0.25, 0.3) is 20.7 Å². The zero-order valence-corrected chi connectivity index (χ0v) is 25.8. The molecule has 3 aromatic carbocycles. The van der Waals surface area contributed by atoms with Gasteiger partial charge < -0.3 is 14.4 Å². The van der Waals surface area contributed by atoms with Crippen molar-refractivity contribution < 1.29 is 14.2 Å². The number of halogens is 2. The monoisotopic (exact) mass is 606 g/mol. The van der Waals surface area contributed by atoms with Crippen molar-refractivity contribution in [2.24, 2.45) is 5.92 Å². The van der Waals surface area contributed by atoms with Gasteiger partial charge in [-0.1, -0.05) is 74.5 Å². The zero-order valence-electron chi connectivity index (χ0n) is 24.2. The minimum atomic E-state index is -0.955. The van der Waals surface area contributed by atoms with Crippen molar-refractivity contribution in [1.29, 1.82) is 0 Å². The smallest absolute Gasteiger partial charge is 0.196 e. The van der Waals surface area contributed by atoms with Crippen LogP contribution < -0.4 is 10.2 Å². The van der Waals surface area contributed by atoms with E-state index >= 15 is 0 Å². The van der Waals surface area contributed by atoms with E-state index in [1.807, 2.05) is 67.9 Å². The van der Waals surface area contributed by atoms with E-state index in [1.54, 1.807) is 31.5 Å². The highest BCUT2D eigenvalue weighted by Gasteiger charge is 2.26. The summed E-state index contributed by atoms with van der Waals surface area (Å²) in [6.45, 7) is 5.20. The second-order valence-electron chi connectivity index (χ2n) is 10.8. The average Bonchev–Trinajstić information content (AvgIpc) is 3.35. The number of hydrogen-bond donors (Lipinski definition) is 1. The van der Waals surface area contributed by atoms with Gasteiger partial charge in [-0.2, -0.15) is 0 Å². The van der Waals surface area contributed by atoms with Crippen LogP contribution in [0, 0.1) is 11.7 Å². The van der Waals surface area contributed by atoms with Crippen molar-refractivity contribution in [2.75, 3.05) is 14.2 Å². The Labute approximate surface area is 256 Å². The number of fused-ring (bicyclic) bond motifs is 1. The van der Waals surface area contributed by atoms with Crippen LogP contribution >= 0.6 is 23.7 Å². The van der Waals surface area contributed by atoms with Crippen molar-refractivity contribution >= 4 is 34.0 Å². The first-order valence-electron chi connectivity index (χ1n) is 13.7. The number of nitrogens with zero attached hydrogens (tertiary/aromatic N) is 2. The quantitative estimate of drug-likeness (QED) is 0.177. The molecule has 1 unspecified atom stereocenters. The molecule has 2 aromatic heterocycles. The molecular weight excluding hydrogens is 571 g/mol. The molecule has 5 aromatic rings. The molecule has 0 radical (unpaired) electrons. The molecule has 0 spiro atoms. The maximum absolute atomic E-state index is 14.8. The molecule has 0 aliphatic rings. The van der Waals surface area contributed by atoms with E-state index in [1.165, 1.54) is 23.0 Å². The maximum atomic E-state index is 14.8. The van der Waals surface area contributed by atoms with Gasteiger partial charge in [-0.15, -0.1) is 23.7 Å². The first kappa shape index (κ1) is 31.4. The number of benzene rings is 3. The topological polar surface area (TPSA) is 54.7 Å². The van der Waals surface area contributed by atoms with Crippen LogP contribution in [0.2, 0.25) is 0 Å². The van der Waals surface area contributed by atoms with Crippen LogP contribution in [0.5, 0.6) is 5.75 Å². The molecule has 42 heavy (non-hydrogen) atoms. The minimum Gasteiger partial charge on any atom is -0.496 e. The summed E-state index contributed by atoms with van der Waals surface area (Å²) in [5.41, 5.74) is 3.57. The van der Waals surface area contributed by atoms with E-state index in [0.29, 0.717) is 35.4 Å². The molecule has 1 N–H and O–H groups in total. The highest BCUT2D eigenvalue weighted by molar-refractivity contribution is 7.22. The van der Waals surface area contributed by atoms with E-state index in [2.05, 4.69) is 17.0 Å². The van der Waals surface area contributed by atoms with Crippen LogP contribution in [0.1, 0.15) is 42.2 Å². The molecule has 0 fully saturated rings. The van der Waals surface area contributed by atoms with Crippen molar-refractivity contribution in [2.45, 2.75) is 39.6 Å². The molecule has 1 atom stereocenters. The Morgan fingerprint density at radius 3 is 2.33 bits per heavy atom. The number of ether oxygens (including phenoxy) is 1. The zero-order chi connectivity index (χ0) is 29.1. The lowest BCUT2D eigenvalue weighted by Gasteiger charge is -2.20. The SMILES string of the molecule is COc1ccccc1-c1sc2c(c1CN(C)Cc1ccccc1)c(=O)c(C(O)C(C)C)cn2Cc1ccccc1F.Cl. The van der Waals surface area contributed by atoms with Crippen LogP contribution in [0.4, 0.5) is 4.39 Å². The highest BCUT2D eigenvalue weighted by Crippen LogP contribution is 2.42. The first-order valence-corrected chi connectivity index (χ1v) is 14.6. The molecule has 0 amide bonds. The molecule has 0 aliphatic carbocycles. The lowest BCUT2D eigenvalue weighted by Crippen LogP contribution is -2.22. The van der Waals surface area contributed by atoms with Gasteiger partial charge in [0.2, 0.25) is 0 Å². The highest BCUT2D eigenvalue weighted by atomic mass is 35.5. The number of aliphatic hydroxyl groups excluding tert-OH is 1. The van der Waals surface area contributed by atoms with Gasteiger partial charge in [-0.25, -0.2) is 4.39 Å². The van der Waals surface area contributed by atoms with Crippen LogP contribution in [-0.2, 0) is 19.6 Å². The maximum Gasteiger partial charge on any atom is 0.196 e. The third-order valence-electron chi connectivity index (χ3n) is 7.36. The number of aromatic nitrogens is 1. The Kier molecular flexibility index (Phi) is 10.2. The molecule has 0 aliphatic heterocycles. The summed E-state index contributed by atoms with van der Waals surface area (Å²) < 4.78 is 22.5. The number of pyridine rings is 1. The van der Waals surface area contributed by atoms with Gasteiger partial charge in [0.1, 0.15) is 16.4 Å². The first-order chi connectivity index (χ1) is 19.8. The van der Waals surface area contributed by atoms with Crippen molar-refractivity contribution in [3.8, 4) is 16.2 Å². The summed E-state index contributed by atoms with van der Waals surface area (Å²) in [5.74, 6) is 0.231. The largest absolute Gasteiger partial charge is 0.496 e. The molecule has 0 saturated carbocycles. The second-order valence-corrected chi connectivity index (χ2v) is 11.8. The van der Waals surface area contributed by atoms with Gasteiger partial charge in [-0.05, 0) is 42.3 Å². The Morgan fingerprint density at radius 1 is 0.976 bits per heavy atom. The van der Waals surface area contributed by atoms with E-state index in [4.69, 9.17) is 4.74 Å². The number of methoxy groups -OCH3 is 1. The van der Waals surface area contributed by atoms with Gasteiger partial charge in [0.05, 0.1) is 25.1 Å². The van der Waals surface area contributed by atoms with E-state index in [0.717, 1.165) is 20.8 Å². The fourth-order valence-electron chi connectivity index (χ4n) is 5.24. The van der Waals surface area contributed by atoms with Gasteiger partial charge >= 0.3 is 0 Å². The lowest BCUT2D eigenvalue weighted by atomic mass is 9.97. The van der Waals surface area contributed by atoms with Gasteiger partial charge in [0, 0.05) is 40.9 Å². The van der Waals surface area contributed by atoms with Crippen LogP contribution in [0.3, 0.4) is 0 Å². The predicted molar refractivity (Wildman–Crippen MR) is 172 cm³/mol. The number of para-hydroxylation sites is 1. The van der Waals surface area contributed by atoms with Crippen molar-refractivity contribution in [3.05, 3.63) is 123 Å². The predicted octanol–water partition coefficient (Wildman–Crippen LogP) is 7.67. The number of aliphatic hydroxyl groups is 1. The van der Waals surface area contributed by atoms with Crippen molar-refractivity contribution in [1.82, 2.24) is 9.47 Å². The summed E-state index contributed by atoms with van der Waals surface area (Å²) in [6, 6.07) is 24.7. The Bertz CT molecular complexity index is 1720. The summed E-state index contributed by atoms with van der Waals surface area (Å²) in [6.07, 6.45) is 0.755. The van der Waals surface area contributed by atoms with Gasteiger partial charge in [0.15, 0.2) is 5.43 Å².